The van der Waals surface area contributed by atoms with Gasteiger partial charge < -0.3 is 9.84 Å². The van der Waals surface area contributed by atoms with Crippen molar-refractivity contribution < 1.29 is 17.7 Å². The molecule has 0 unspecified atom stereocenters. The lowest BCUT2D eigenvalue weighted by molar-refractivity contribution is 0.102. The van der Waals surface area contributed by atoms with E-state index in [1.165, 1.54) is 4.31 Å². The Morgan fingerprint density at radius 3 is 2.77 bits per heavy atom. The first-order chi connectivity index (χ1) is 14.8. The van der Waals surface area contributed by atoms with Crippen LogP contribution in [0.5, 0.6) is 0 Å². The number of nitrogens with one attached hydrogen (secondary N) is 1. The van der Waals surface area contributed by atoms with E-state index in [0.717, 1.165) is 18.4 Å². The van der Waals surface area contributed by atoms with E-state index in [2.05, 4.69) is 10.5 Å². The highest BCUT2D eigenvalue weighted by Crippen LogP contribution is 2.34. The highest BCUT2D eigenvalue weighted by molar-refractivity contribution is 7.92. The van der Waals surface area contributed by atoms with Crippen LogP contribution >= 0.6 is 11.6 Å². The number of carbonyl (C=O) groups excluding carboxylic acids is 1. The van der Waals surface area contributed by atoms with Crippen molar-refractivity contribution in [1.29, 1.82) is 0 Å². The van der Waals surface area contributed by atoms with Crippen LogP contribution < -0.4 is 9.62 Å². The minimum Gasteiger partial charge on any atom is -0.360 e. The number of carbonyl (C=O) groups is 1. The van der Waals surface area contributed by atoms with Crippen LogP contribution in [0.1, 0.15) is 35.0 Å². The lowest BCUT2D eigenvalue weighted by Crippen LogP contribution is -2.36. The number of rotatable bonds is 5. The van der Waals surface area contributed by atoms with Crippen LogP contribution in [-0.4, -0.2) is 31.8 Å². The molecule has 1 aromatic heterocycles. The first-order valence-electron chi connectivity index (χ1n) is 9.97. The van der Waals surface area contributed by atoms with Crippen molar-refractivity contribution in [3.8, 4) is 11.3 Å². The number of hydrogen-bond donors (Lipinski definition) is 1. The van der Waals surface area contributed by atoms with E-state index in [1.54, 1.807) is 44.2 Å². The largest absolute Gasteiger partial charge is 0.360 e. The third-order valence-corrected chi connectivity index (χ3v) is 7.44. The number of sulfonamides is 1. The molecule has 3 aromatic rings. The molecule has 4 rings (SSSR count). The summed E-state index contributed by atoms with van der Waals surface area (Å²) in [5.41, 5.74) is 3.42. The molecule has 2 heterocycles. The van der Waals surface area contributed by atoms with Gasteiger partial charge in [-0.15, -0.1) is 0 Å². The van der Waals surface area contributed by atoms with Crippen LogP contribution in [0.15, 0.2) is 47.0 Å². The third-order valence-electron chi connectivity index (χ3n) is 5.33. The molecule has 1 aliphatic rings. The summed E-state index contributed by atoms with van der Waals surface area (Å²) < 4.78 is 31.5. The molecule has 0 atom stereocenters. The molecule has 0 radical (unpaired) electrons. The van der Waals surface area contributed by atoms with Crippen molar-refractivity contribution in [1.82, 2.24) is 5.16 Å². The van der Waals surface area contributed by atoms with Gasteiger partial charge in [-0.25, -0.2) is 8.42 Å². The Morgan fingerprint density at radius 2 is 2.03 bits per heavy atom. The number of fused-ring (bicyclic) bond motifs is 1. The molecule has 162 valence electrons. The zero-order chi connectivity index (χ0) is 22.2. The monoisotopic (exact) mass is 459 g/mol. The predicted molar refractivity (Wildman–Crippen MR) is 121 cm³/mol. The van der Waals surface area contributed by atoms with Crippen LogP contribution in [0.3, 0.4) is 0 Å². The van der Waals surface area contributed by atoms with Gasteiger partial charge in [0.2, 0.25) is 10.0 Å². The van der Waals surface area contributed by atoms with Gasteiger partial charge in [-0.3, -0.25) is 9.10 Å². The van der Waals surface area contributed by atoms with Crippen molar-refractivity contribution in [3.05, 3.63) is 64.4 Å². The summed E-state index contributed by atoms with van der Waals surface area (Å²) in [5, 5.41) is 7.38. The highest BCUT2D eigenvalue weighted by Gasteiger charge is 2.27. The van der Waals surface area contributed by atoms with E-state index in [1.807, 2.05) is 12.1 Å². The summed E-state index contributed by atoms with van der Waals surface area (Å²) in [6, 6.07) is 12.4. The van der Waals surface area contributed by atoms with Gasteiger partial charge in [0.25, 0.3) is 5.91 Å². The smallest absolute Gasteiger partial charge is 0.261 e. The molecule has 1 amide bonds. The van der Waals surface area contributed by atoms with E-state index in [4.69, 9.17) is 16.1 Å². The average molecular weight is 460 g/mol. The van der Waals surface area contributed by atoms with Crippen molar-refractivity contribution in [2.45, 2.75) is 26.7 Å². The fourth-order valence-electron chi connectivity index (χ4n) is 3.76. The first-order valence-corrected chi connectivity index (χ1v) is 12.0. The molecule has 0 saturated heterocycles. The Morgan fingerprint density at radius 1 is 1.26 bits per heavy atom. The van der Waals surface area contributed by atoms with Gasteiger partial charge in [0, 0.05) is 17.8 Å². The maximum atomic E-state index is 13.1. The van der Waals surface area contributed by atoms with Crippen LogP contribution in [-0.2, 0) is 16.4 Å². The molecule has 0 aliphatic carbocycles. The molecule has 7 nitrogen and oxygen atoms in total. The minimum absolute atomic E-state index is 0.0442. The lowest BCUT2D eigenvalue weighted by Gasteiger charge is -2.30. The molecule has 2 aromatic carbocycles. The first kappa shape index (κ1) is 21.4. The number of benzene rings is 2. The molecule has 9 heteroatoms. The summed E-state index contributed by atoms with van der Waals surface area (Å²) in [6.45, 7) is 3.77. The number of hydrogen-bond acceptors (Lipinski definition) is 5. The molecular formula is C22H22ClN3O4S. The van der Waals surface area contributed by atoms with Crippen LogP contribution in [0.2, 0.25) is 5.02 Å². The third kappa shape index (κ3) is 4.05. The predicted octanol–water partition coefficient (Wildman–Crippen LogP) is 4.66. The van der Waals surface area contributed by atoms with E-state index < -0.39 is 10.0 Å². The number of aryl methyl sites for hydroxylation is 2. The molecule has 0 bridgehead atoms. The van der Waals surface area contributed by atoms with E-state index in [-0.39, 0.29) is 11.7 Å². The quantitative estimate of drug-likeness (QED) is 0.599. The SMILES string of the molecule is CCS(=O)(=O)N1CCCc2cc(NC(=O)c3c(-c4ccccc4Cl)noc3C)ccc21. The summed E-state index contributed by atoms with van der Waals surface area (Å²) >= 11 is 6.28. The van der Waals surface area contributed by atoms with E-state index >= 15 is 0 Å². The fourth-order valence-corrected chi connectivity index (χ4v) is 5.18. The number of nitrogens with zero attached hydrogens (tertiary/aromatic N) is 2. The van der Waals surface area contributed by atoms with Gasteiger partial charge in [0.1, 0.15) is 17.0 Å². The lowest BCUT2D eigenvalue weighted by atomic mass is 10.0. The molecule has 0 fully saturated rings. The van der Waals surface area contributed by atoms with Crippen LogP contribution in [0.25, 0.3) is 11.3 Å². The number of aromatic nitrogens is 1. The summed E-state index contributed by atoms with van der Waals surface area (Å²) in [7, 11) is -3.34. The molecular weight excluding hydrogens is 438 g/mol. The van der Waals surface area contributed by atoms with Gasteiger partial charge in [-0.2, -0.15) is 0 Å². The molecule has 1 aliphatic heterocycles. The van der Waals surface area contributed by atoms with Crippen LogP contribution in [0, 0.1) is 6.92 Å². The Balaban J connectivity index is 1.64. The zero-order valence-corrected chi connectivity index (χ0v) is 18.8. The second-order valence-corrected chi connectivity index (χ2v) is 9.91. The van der Waals surface area contributed by atoms with Crippen LogP contribution in [0.4, 0.5) is 11.4 Å². The summed E-state index contributed by atoms with van der Waals surface area (Å²) in [6.07, 6.45) is 1.47. The fraction of sp³-hybridized carbons (Fsp3) is 0.273. The standard InChI is InChI=1S/C22H22ClN3O4S/c1-3-31(28,29)26-12-6-7-15-13-16(10-11-19(15)26)24-22(27)20-14(2)30-25-21(20)17-8-4-5-9-18(17)23/h4-5,8-11,13H,3,6-7,12H2,1-2H3,(H,24,27). The van der Waals surface area contributed by atoms with E-state index in [9.17, 15) is 13.2 Å². The van der Waals surface area contributed by atoms with Crippen molar-refractivity contribution in [2.75, 3.05) is 21.9 Å². The maximum absolute atomic E-state index is 13.1. The number of halogens is 1. The second kappa shape index (κ2) is 8.36. The van der Waals surface area contributed by atoms with Crippen molar-refractivity contribution in [2.24, 2.45) is 0 Å². The average Bonchev–Trinajstić information content (AvgIpc) is 3.14. The Bertz CT molecular complexity index is 1250. The molecule has 0 saturated carbocycles. The van der Waals surface area contributed by atoms with Gasteiger partial charge in [0.05, 0.1) is 16.5 Å². The maximum Gasteiger partial charge on any atom is 0.261 e. The van der Waals surface area contributed by atoms with E-state index in [0.29, 0.717) is 45.5 Å². The summed E-state index contributed by atoms with van der Waals surface area (Å²) in [5.74, 6) is 0.0516. The second-order valence-electron chi connectivity index (χ2n) is 7.32. The van der Waals surface area contributed by atoms with Crippen molar-refractivity contribution >= 4 is 38.9 Å². The Labute approximate surface area is 186 Å². The molecule has 31 heavy (non-hydrogen) atoms. The number of amides is 1. The minimum atomic E-state index is -3.34. The summed E-state index contributed by atoms with van der Waals surface area (Å²) in [4.78, 5) is 13.1. The Kier molecular flexibility index (Phi) is 5.77. The van der Waals surface area contributed by atoms with Gasteiger partial charge in [-0.1, -0.05) is 35.0 Å². The normalized spacial score (nSPS) is 13.7. The van der Waals surface area contributed by atoms with Gasteiger partial charge in [0.15, 0.2) is 0 Å². The van der Waals surface area contributed by atoms with Gasteiger partial charge in [-0.05, 0) is 56.5 Å². The zero-order valence-electron chi connectivity index (χ0n) is 17.2. The van der Waals surface area contributed by atoms with Crippen molar-refractivity contribution in [3.63, 3.8) is 0 Å². The molecule has 0 spiro atoms. The highest BCUT2D eigenvalue weighted by atomic mass is 35.5. The topological polar surface area (TPSA) is 92.5 Å². The van der Waals surface area contributed by atoms with Gasteiger partial charge >= 0.3 is 0 Å². The number of anilines is 2. The molecule has 1 N–H and O–H groups in total. The Hall–Kier alpha value is -2.84.